The first kappa shape index (κ1) is 12.0. The van der Waals surface area contributed by atoms with Crippen molar-refractivity contribution in [2.75, 3.05) is 11.1 Å². The number of nitrogens with one attached hydrogen (secondary N) is 1. The molecule has 0 unspecified atom stereocenters. The molecule has 0 spiro atoms. The van der Waals surface area contributed by atoms with Crippen molar-refractivity contribution in [1.82, 2.24) is 0 Å². The number of nitrogens with two attached hydrogens (primary N) is 1. The summed E-state index contributed by atoms with van der Waals surface area (Å²) < 4.78 is 19.0. The number of halogens is 1. The Balaban J connectivity index is 1.94. The summed E-state index contributed by atoms with van der Waals surface area (Å²) in [7, 11) is 0. The van der Waals surface area contributed by atoms with Gasteiger partial charge in [-0.3, -0.25) is 4.79 Å². The van der Waals surface area contributed by atoms with Gasteiger partial charge in [-0.25, -0.2) is 4.39 Å². The number of carbonyl (C=O) groups excluding carboxylic acids is 1. The molecule has 2 aliphatic heterocycles. The number of benzene rings is 2. The molecule has 0 fully saturated rings. The molecule has 4 rings (SSSR count). The van der Waals surface area contributed by atoms with Gasteiger partial charge in [0, 0.05) is 22.4 Å². The first-order valence-corrected chi connectivity index (χ1v) is 6.50. The number of ether oxygens (including phenoxy) is 1. The van der Waals surface area contributed by atoms with Gasteiger partial charge in [-0.2, -0.15) is 0 Å². The van der Waals surface area contributed by atoms with Gasteiger partial charge in [0.2, 0.25) is 0 Å². The Morgan fingerprint density at radius 2 is 1.95 bits per heavy atom. The SMILES string of the molecule is Nc1ccc2c(c1)CO/C2=C1/C(=O)Nc2cc(F)ccc21. The highest BCUT2D eigenvalue weighted by Gasteiger charge is 2.32. The zero-order chi connectivity index (χ0) is 14.6. The third-order valence-electron chi connectivity index (χ3n) is 3.70. The van der Waals surface area contributed by atoms with E-state index in [4.69, 9.17) is 10.5 Å². The average molecular weight is 282 g/mol. The lowest BCUT2D eigenvalue weighted by atomic mass is 10.0. The summed E-state index contributed by atoms with van der Waals surface area (Å²) in [5, 5.41) is 2.67. The Kier molecular flexibility index (Phi) is 2.33. The predicted molar refractivity (Wildman–Crippen MR) is 77.5 cm³/mol. The van der Waals surface area contributed by atoms with E-state index < -0.39 is 0 Å². The fourth-order valence-corrected chi connectivity index (χ4v) is 2.76. The van der Waals surface area contributed by atoms with Crippen molar-refractivity contribution in [2.45, 2.75) is 6.61 Å². The second-order valence-electron chi connectivity index (χ2n) is 5.05. The highest BCUT2D eigenvalue weighted by Crippen LogP contribution is 2.41. The maximum atomic E-state index is 13.3. The van der Waals surface area contributed by atoms with Crippen LogP contribution >= 0.6 is 0 Å². The van der Waals surface area contributed by atoms with E-state index in [1.165, 1.54) is 12.1 Å². The third-order valence-corrected chi connectivity index (χ3v) is 3.70. The standard InChI is InChI=1S/C16H11FN2O2/c17-9-1-3-12-13(6-9)19-16(20)14(12)15-11-4-2-10(18)5-8(11)7-21-15/h1-6H,7,18H2,(H,19,20)/b15-14+. The topological polar surface area (TPSA) is 64.3 Å². The van der Waals surface area contributed by atoms with Crippen LogP contribution in [-0.2, 0) is 16.1 Å². The molecule has 0 saturated carbocycles. The van der Waals surface area contributed by atoms with Crippen molar-refractivity contribution < 1.29 is 13.9 Å². The van der Waals surface area contributed by atoms with Crippen LogP contribution in [0.3, 0.4) is 0 Å². The zero-order valence-corrected chi connectivity index (χ0v) is 10.9. The number of amides is 1. The second-order valence-corrected chi connectivity index (χ2v) is 5.05. The molecule has 0 aromatic heterocycles. The maximum absolute atomic E-state index is 13.3. The summed E-state index contributed by atoms with van der Waals surface area (Å²) in [5.41, 5.74) is 9.77. The summed E-state index contributed by atoms with van der Waals surface area (Å²) in [6.07, 6.45) is 0. The van der Waals surface area contributed by atoms with Crippen molar-refractivity contribution in [3.8, 4) is 0 Å². The molecule has 2 aromatic rings. The van der Waals surface area contributed by atoms with Crippen LogP contribution in [0.5, 0.6) is 0 Å². The molecule has 2 heterocycles. The first-order valence-electron chi connectivity index (χ1n) is 6.50. The summed E-state index contributed by atoms with van der Waals surface area (Å²) >= 11 is 0. The van der Waals surface area contributed by atoms with Crippen LogP contribution in [0.15, 0.2) is 36.4 Å². The normalized spacial score (nSPS) is 19.0. The Morgan fingerprint density at radius 1 is 1.14 bits per heavy atom. The van der Waals surface area contributed by atoms with Crippen molar-refractivity contribution in [1.29, 1.82) is 0 Å². The highest BCUT2D eigenvalue weighted by molar-refractivity contribution is 6.36. The molecular weight excluding hydrogens is 271 g/mol. The smallest absolute Gasteiger partial charge is 0.260 e. The van der Waals surface area contributed by atoms with Crippen molar-refractivity contribution >= 4 is 28.6 Å². The van der Waals surface area contributed by atoms with Crippen molar-refractivity contribution in [2.24, 2.45) is 0 Å². The number of nitrogen functional groups attached to an aromatic ring is 1. The quantitative estimate of drug-likeness (QED) is 0.577. The summed E-state index contributed by atoms with van der Waals surface area (Å²) in [4.78, 5) is 12.2. The number of hydrogen-bond acceptors (Lipinski definition) is 3. The van der Waals surface area contributed by atoms with Gasteiger partial charge < -0.3 is 15.8 Å². The van der Waals surface area contributed by atoms with E-state index in [1.54, 1.807) is 12.1 Å². The molecule has 0 aliphatic carbocycles. The average Bonchev–Trinajstić information content (AvgIpc) is 2.97. The van der Waals surface area contributed by atoms with Gasteiger partial charge in [0.15, 0.2) is 0 Å². The fraction of sp³-hybridized carbons (Fsp3) is 0.0625. The van der Waals surface area contributed by atoms with Crippen molar-refractivity contribution in [3.05, 3.63) is 58.9 Å². The molecule has 104 valence electrons. The molecule has 2 aliphatic rings. The summed E-state index contributed by atoms with van der Waals surface area (Å²) in [6, 6.07) is 9.67. The third kappa shape index (κ3) is 1.71. The zero-order valence-electron chi connectivity index (χ0n) is 10.9. The Hall–Kier alpha value is -2.82. The lowest BCUT2D eigenvalue weighted by Gasteiger charge is -2.05. The maximum Gasteiger partial charge on any atom is 0.260 e. The Labute approximate surface area is 120 Å². The number of rotatable bonds is 0. The van der Waals surface area contributed by atoms with Gasteiger partial charge in [-0.15, -0.1) is 0 Å². The van der Waals surface area contributed by atoms with Gasteiger partial charge in [0.25, 0.3) is 5.91 Å². The number of fused-ring (bicyclic) bond motifs is 2. The van der Waals surface area contributed by atoms with E-state index in [0.29, 0.717) is 34.9 Å². The molecular formula is C16H11FN2O2. The molecule has 0 bridgehead atoms. The minimum Gasteiger partial charge on any atom is -0.487 e. The number of carbonyl (C=O) groups is 1. The van der Waals surface area contributed by atoms with Crippen LogP contribution < -0.4 is 11.1 Å². The van der Waals surface area contributed by atoms with Crippen LogP contribution in [0, 0.1) is 5.82 Å². The van der Waals surface area contributed by atoms with Crippen molar-refractivity contribution in [3.63, 3.8) is 0 Å². The Morgan fingerprint density at radius 3 is 2.81 bits per heavy atom. The van der Waals surface area contributed by atoms with Crippen LogP contribution in [0.4, 0.5) is 15.8 Å². The lowest BCUT2D eigenvalue weighted by Crippen LogP contribution is -2.05. The fourth-order valence-electron chi connectivity index (χ4n) is 2.76. The minimum absolute atomic E-state index is 0.282. The number of anilines is 2. The molecule has 3 N–H and O–H groups in total. The summed E-state index contributed by atoms with van der Waals surface area (Å²) in [6.45, 7) is 0.378. The minimum atomic E-state index is -0.388. The van der Waals surface area contributed by atoms with Gasteiger partial charge in [-0.05, 0) is 36.4 Å². The monoisotopic (exact) mass is 282 g/mol. The second kappa shape index (κ2) is 4.09. The Bertz CT molecular complexity index is 827. The molecule has 21 heavy (non-hydrogen) atoms. The van der Waals surface area contributed by atoms with Gasteiger partial charge in [0.1, 0.15) is 18.2 Å². The molecule has 0 radical (unpaired) electrons. The van der Waals surface area contributed by atoms with Gasteiger partial charge in [-0.1, -0.05) is 0 Å². The molecule has 0 atom stereocenters. The van der Waals surface area contributed by atoms with Crippen LogP contribution in [0.1, 0.15) is 16.7 Å². The van der Waals surface area contributed by atoms with E-state index >= 15 is 0 Å². The predicted octanol–water partition coefficient (Wildman–Crippen LogP) is 2.76. The first-order chi connectivity index (χ1) is 10.1. The van der Waals surface area contributed by atoms with Crippen LogP contribution in [-0.4, -0.2) is 5.91 Å². The number of hydrogen-bond donors (Lipinski definition) is 2. The van der Waals surface area contributed by atoms with Crippen LogP contribution in [0.2, 0.25) is 0 Å². The largest absolute Gasteiger partial charge is 0.487 e. The molecule has 4 nitrogen and oxygen atoms in total. The van der Waals surface area contributed by atoms with E-state index in [0.717, 1.165) is 11.1 Å². The molecule has 2 aromatic carbocycles. The van der Waals surface area contributed by atoms with E-state index in [9.17, 15) is 9.18 Å². The van der Waals surface area contributed by atoms with E-state index in [2.05, 4.69) is 5.32 Å². The van der Waals surface area contributed by atoms with E-state index in [-0.39, 0.29) is 11.7 Å². The molecule has 5 heteroatoms. The highest BCUT2D eigenvalue weighted by atomic mass is 19.1. The molecule has 0 saturated heterocycles. The van der Waals surface area contributed by atoms with Crippen LogP contribution in [0.25, 0.3) is 11.3 Å². The lowest BCUT2D eigenvalue weighted by molar-refractivity contribution is -0.110. The van der Waals surface area contributed by atoms with Gasteiger partial charge in [0.05, 0.1) is 11.3 Å². The summed E-state index contributed by atoms with van der Waals surface area (Å²) in [5.74, 6) is -0.149. The van der Waals surface area contributed by atoms with Gasteiger partial charge >= 0.3 is 0 Å². The molecule has 1 amide bonds. The van der Waals surface area contributed by atoms with E-state index in [1.807, 2.05) is 12.1 Å².